The summed E-state index contributed by atoms with van der Waals surface area (Å²) in [6, 6.07) is 0. The molecule has 6 nitrogen and oxygen atoms in total. The number of guanidine groups is 1. The van der Waals surface area contributed by atoms with Gasteiger partial charge >= 0.3 is 0 Å². The average molecular weight is 525 g/mol. The first kappa shape index (κ1) is 26.9. The van der Waals surface area contributed by atoms with Crippen molar-refractivity contribution in [3.8, 4) is 0 Å². The molecule has 2 unspecified atom stereocenters. The van der Waals surface area contributed by atoms with Gasteiger partial charge in [-0.3, -0.25) is 4.99 Å². The van der Waals surface area contributed by atoms with E-state index in [1.165, 1.54) is 25.7 Å². The highest BCUT2D eigenvalue weighted by Gasteiger charge is 2.37. The van der Waals surface area contributed by atoms with E-state index in [9.17, 15) is 0 Å². The summed E-state index contributed by atoms with van der Waals surface area (Å²) in [6.45, 7) is 9.98. The van der Waals surface area contributed by atoms with Crippen LogP contribution in [-0.4, -0.2) is 88.0 Å². The molecule has 1 aliphatic heterocycles. The summed E-state index contributed by atoms with van der Waals surface area (Å²) in [5, 5.41) is 3.53. The first-order chi connectivity index (χ1) is 13.5. The van der Waals surface area contributed by atoms with Crippen molar-refractivity contribution >= 4 is 29.9 Å². The SMILES string of the molecule is CCNC(=NCC1(N(C)C)CCCC(C)C1)N1CCC(OCCCOC)CC1.I. The van der Waals surface area contributed by atoms with Crippen molar-refractivity contribution in [2.75, 3.05) is 60.6 Å². The van der Waals surface area contributed by atoms with Crippen LogP contribution in [0.3, 0.4) is 0 Å². The number of likely N-dealkylation sites (N-methyl/N-ethyl adjacent to an activating group) is 1. The van der Waals surface area contributed by atoms with Gasteiger partial charge in [-0.1, -0.05) is 19.8 Å². The van der Waals surface area contributed by atoms with Crippen molar-refractivity contribution in [1.82, 2.24) is 15.1 Å². The standard InChI is InChI=1S/C22H44N4O2.HI/c1-6-23-21(24-18-22(25(3)4)12-7-9-19(2)17-22)26-13-10-20(11-14-26)28-16-8-15-27-5;/h19-20H,6-18H2,1-5H3,(H,23,24);1H. The molecule has 1 saturated heterocycles. The maximum absolute atomic E-state index is 6.01. The van der Waals surface area contributed by atoms with Crippen LogP contribution in [0.5, 0.6) is 0 Å². The number of methoxy groups -OCH3 is 1. The molecule has 29 heavy (non-hydrogen) atoms. The lowest BCUT2D eigenvalue weighted by molar-refractivity contribution is 0.00979. The molecular weight excluding hydrogens is 479 g/mol. The van der Waals surface area contributed by atoms with E-state index >= 15 is 0 Å². The highest BCUT2D eigenvalue weighted by atomic mass is 127. The molecule has 0 amide bonds. The molecule has 1 aliphatic carbocycles. The van der Waals surface area contributed by atoms with Crippen LogP contribution in [-0.2, 0) is 9.47 Å². The van der Waals surface area contributed by atoms with Crippen LogP contribution in [0.25, 0.3) is 0 Å². The summed E-state index contributed by atoms with van der Waals surface area (Å²) in [7, 11) is 6.20. The molecular formula is C22H45IN4O2. The fraction of sp³-hybridized carbons (Fsp3) is 0.955. The van der Waals surface area contributed by atoms with Crippen LogP contribution in [0.2, 0.25) is 0 Å². The van der Waals surface area contributed by atoms with Gasteiger partial charge in [0, 0.05) is 45.5 Å². The molecule has 7 heteroatoms. The van der Waals surface area contributed by atoms with Crippen molar-refractivity contribution < 1.29 is 9.47 Å². The Morgan fingerprint density at radius 2 is 1.93 bits per heavy atom. The maximum atomic E-state index is 6.01. The van der Waals surface area contributed by atoms with Gasteiger partial charge in [0.05, 0.1) is 12.6 Å². The third-order valence-electron chi connectivity index (χ3n) is 6.46. The Bertz CT molecular complexity index is 470. The van der Waals surface area contributed by atoms with E-state index in [2.05, 4.69) is 43.1 Å². The summed E-state index contributed by atoms with van der Waals surface area (Å²) in [6.07, 6.45) is 8.69. The number of hydrogen-bond donors (Lipinski definition) is 1. The monoisotopic (exact) mass is 524 g/mol. The lowest BCUT2D eigenvalue weighted by Gasteiger charge is -2.44. The zero-order valence-corrected chi connectivity index (χ0v) is 21.7. The predicted octanol–water partition coefficient (Wildman–Crippen LogP) is 3.60. The zero-order valence-electron chi connectivity index (χ0n) is 19.4. The van der Waals surface area contributed by atoms with Gasteiger partial charge in [0.25, 0.3) is 0 Å². The molecule has 2 fully saturated rings. The van der Waals surface area contributed by atoms with Crippen molar-refractivity contribution in [2.24, 2.45) is 10.9 Å². The highest BCUT2D eigenvalue weighted by Crippen LogP contribution is 2.36. The molecule has 1 N–H and O–H groups in total. The van der Waals surface area contributed by atoms with Crippen LogP contribution < -0.4 is 5.32 Å². The maximum Gasteiger partial charge on any atom is 0.193 e. The first-order valence-electron chi connectivity index (χ1n) is 11.3. The van der Waals surface area contributed by atoms with E-state index in [0.717, 1.165) is 70.5 Å². The molecule has 0 spiro atoms. The number of nitrogens with one attached hydrogen (secondary N) is 1. The number of nitrogens with zero attached hydrogens (tertiary/aromatic N) is 3. The number of likely N-dealkylation sites (tertiary alicyclic amines) is 1. The Balaban J connectivity index is 0.00000420. The second-order valence-electron chi connectivity index (χ2n) is 8.89. The minimum Gasteiger partial charge on any atom is -0.385 e. The molecule has 172 valence electrons. The van der Waals surface area contributed by atoms with E-state index in [1.807, 2.05) is 0 Å². The van der Waals surface area contributed by atoms with Gasteiger partial charge in [0.2, 0.25) is 0 Å². The molecule has 2 aliphatic rings. The second-order valence-corrected chi connectivity index (χ2v) is 8.89. The molecule has 0 aromatic rings. The molecule has 2 rings (SSSR count). The van der Waals surface area contributed by atoms with E-state index in [4.69, 9.17) is 14.5 Å². The highest BCUT2D eigenvalue weighted by molar-refractivity contribution is 14.0. The Morgan fingerprint density at radius 1 is 1.21 bits per heavy atom. The average Bonchev–Trinajstić information content (AvgIpc) is 2.69. The number of ether oxygens (including phenoxy) is 2. The second kappa shape index (κ2) is 14.0. The van der Waals surface area contributed by atoms with Gasteiger partial charge in [-0.2, -0.15) is 0 Å². The lowest BCUT2D eigenvalue weighted by Crippen LogP contribution is -2.52. The van der Waals surface area contributed by atoms with Crippen molar-refractivity contribution in [3.63, 3.8) is 0 Å². The van der Waals surface area contributed by atoms with Gasteiger partial charge in [-0.25, -0.2) is 0 Å². The van der Waals surface area contributed by atoms with Gasteiger partial charge in [-0.05, 0) is 59.0 Å². The van der Waals surface area contributed by atoms with Gasteiger partial charge < -0.3 is 24.6 Å². The quantitative estimate of drug-likeness (QED) is 0.216. The molecule has 2 atom stereocenters. The van der Waals surface area contributed by atoms with Gasteiger partial charge in [0.1, 0.15) is 0 Å². The number of aliphatic imine (C=N–C) groups is 1. The molecule has 0 bridgehead atoms. The van der Waals surface area contributed by atoms with Crippen LogP contribution >= 0.6 is 24.0 Å². The lowest BCUT2D eigenvalue weighted by atomic mass is 9.75. The fourth-order valence-electron chi connectivity index (χ4n) is 4.66. The Morgan fingerprint density at radius 3 is 2.52 bits per heavy atom. The Labute approximate surface area is 196 Å². The fourth-order valence-corrected chi connectivity index (χ4v) is 4.66. The molecule has 0 radical (unpaired) electrons. The smallest absolute Gasteiger partial charge is 0.193 e. The van der Waals surface area contributed by atoms with E-state index < -0.39 is 0 Å². The number of hydrogen-bond acceptors (Lipinski definition) is 4. The van der Waals surface area contributed by atoms with Crippen LogP contribution in [0.15, 0.2) is 4.99 Å². The van der Waals surface area contributed by atoms with Crippen LogP contribution in [0, 0.1) is 5.92 Å². The van der Waals surface area contributed by atoms with Gasteiger partial charge in [0.15, 0.2) is 5.96 Å². The summed E-state index contributed by atoms with van der Waals surface area (Å²) >= 11 is 0. The topological polar surface area (TPSA) is 49.3 Å². The predicted molar refractivity (Wildman–Crippen MR) is 132 cm³/mol. The van der Waals surface area contributed by atoms with Crippen LogP contribution in [0.1, 0.15) is 58.8 Å². The first-order valence-corrected chi connectivity index (χ1v) is 11.3. The molecule has 0 aromatic carbocycles. The third kappa shape index (κ3) is 8.50. The number of halogens is 1. The van der Waals surface area contributed by atoms with E-state index in [1.54, 1.807) is 7.11 Å². The van der Waals surface area contributed by atoms with Crippen molar-refractivity contribution in [3.05, 3.63) is 0 Å². The van der Waals surface area contributed by atoms with E-state index in [-0.39, 0.29) is 29.5 Å². The van der Waals surface area contributed by atoms with Crippen molar-refractivity contribution in [1.29, 1.82) is 0 Å². The normalized spacial score (nSPS) is 26.5. The van der Waals surface area contributed by atoms with Crippen LogP contribution in [0.4, 0.5) is 0 Å². The molecule has 0 aromatic heterocycles. The third-order valence-corrected chi connectivity index (χ3v) is 6.46. The van der Waals surface area contributed by atoms with E-state index in [0.29, 0.717) is 6.10 Å². The Kier molecular flexibility index (Phi) is 13.0. The molecule has 1 heterocycles. The molecule has 1 saturated carbocycles. The minimum absolute atomic E-state index is 0. The minimum atomic E-state index is 0. The van der Waals surface area contributed by atoms with Crippen molar-refractivity contribution in [2.45, 2.75) is 70.4 Å². The largest absolute Gasteiger partial charge is 0.385 e. The number of rotatable bonds is 9. The Hall–Kier alpha value is -0.120. The summed E-state index contributed by atoms with van der Waals surface area (Å²) < 4.78 is 11.1. The summed E-state index contributed by atoms with van der Waals surface area (Å²) in [4.78, 5) is 9.98. The van der Waals surface area contributed by atoms with Gasteiger partial charge in [-0.15, -0.1) is 24.0 Å². The summed E-state index contributed by atoms with van der Waals surface area (Å²) in [5.74, 6) is 1.87. The zero-order chi connectivity index (χ0) is 20.4. The summed E-state index contributed by atoms with van der Waals surface area (Å²) in [5.41, 5.74) is 0.209. The number of piperidine rings is 1.